The summed E-state index contributed by atoms with van der Waals surface area (Å²) >= 11 is 0. The van der Waals surface area contributed by atoms with Crippen LogP contribution in [0.1, 0.15) is 0 Å². The minimum absolute atomic E-state index is 0.0757. The SMILES string of the molecule is COc1c(F)cc(-c2cc(-c3cnc(N4CCOCC4)cn3)cnc2N)cc1NS(=O)c1cnn(C)c1. The average molecular weight is 525 g/mol. The lowest BCUT2D eigenvalue weighted by atomic mass is 10.0. The monoisotopic (exact) mass is 524 g/mol. The summed E-state index contributed by atoms with van der Waals surface area (Å²) in [4.78, 5) is 15.9. The molecule has 1 fully saturated rings. The Bertz CT molecular complexity index is 1440. The molecule has 1 atom stereocenters. The highest BCUT2D eigenvalue weighted by Crippen LogP contribution is 2.37. The van der Waals surface area contributed by atoms with Gasteiger partial charge in [0, 0.05) is 43.7 Å². The molecule has 1 unspecified atom stereocenters. The molecule has 4 heterocycles. The molecule has 0 bridgehead atoms. The van der Waals surface area contributed by atoms with Crippen LogP contribution in [-0.4, -0.2) is 62.4 Å². The van der Waals surface area contributed by atoms with Gasteiger partial charge < -0.3 is 20.1 Å². The fourth-order valence-electron chi connectivity index (χ4n) is 3.96. The van der Waals surface area contributed by atoms with Crippen LogP contribution in [0.5, 0.6) is 5.75 Å². The largest absolute Gasteiger partial charge is 0.492 e. The Morgan fingerprint density at radius 1 is 1.08 bits per heavy atom. The van der Waals surface area contributed by atoms with E-state index in [-0.39, 0.29) is 17.3 Å². The van der Waals surface area contributed by atoms with E-state index in [1.54, 1.807) is 44.0 Å². The quantitative estimate of drug-likeness (QED) is 0.374. The van der Waals surface area contributed by atoms with E-state index in [4.69, 9.17) is 15.2 Å². The van der Waals surface area contributed by atoms with Gasteiger partial charge in [-0.1, -0.05) is 0 Å². The predicted octanol–water partition coefficient (Wildman–Crippen LogP) is 2.64. The molecule has 5 rings (SSSR count). The Morgan fingerprint density at radius 3 is 2.57 bits per heavy atom. The smallest absolute Gasteiger partial charge is 0.178 e. The second kappa shape index (κ2) is 10.5. The number of aryl methyl sites for hydroxylation is 1. The molecule has 37 heavy (non-hydrogen) atoms. The summed E-state index contributed by atoms with van der Waals surface area (Å²) in [5.74, 6) is 0.245. The molecule has 1 aliphatic rings. The van der Waals surface area contributed by atoms with E-state index in [9.17, 15) is 4.21 Å². The summed E-state index contributed by atoms with van der Waals surface area (Å²) in [5.41, 5.74) is 8.53. The third kappa shape index (κ3) is 5.22. The number of ether oxygens (including phenoxy) is 2. The minimum Gasteiger partial charge on any atom is -0.492 e. The summed E-state index contributed by atoms with van der Waals surface area (Å²) < 4.78 is 42.8. The highest BCUT2D eigenvalue weighted by molar-refractivity contribution is 7.86. The first-order chi connectivity index (χ1) is 17.9. The predicted molar refractivity (Wildman–Crippen MR) is 138 cm³/mol. The van der Waals surface area contributed by atoms with Gasteiger partial charge in [0.15, 0.2) is 22.6 Å². The van der Waals surface area contributed by atoms with Crippen LogP contribution in [0.15, 0.2) is 54.1 Å². The zero-order chi connectivity index (χ0) is 25.9. The van der Waals surface area contributed by atoms with E-state index in [1.165, 1.54) is 24.1 Å². The van der Waals surface area contributed by atoms with Crippen molar-refractivity contribution in [1.29, 1.82) is 0 Å². The first kappa shape index (κ1) is 24.6. The number of benzene rings is 1. The Hall–Kier alpha value is -4.10. The first-order valence-electron chi connectivity index (χ1n) is 11.4. The van der Waals surface area contributed by atoms with Crippen molar-refractivity contribution in [3.63, 3.8) is 0 Å². The van der Waals surface area contributed by atoms with Crippen molar-refractivity contribution < 1.29 is 18.1 Å². The van der Waals surface area contributed by atoms with Crippen molar-refractivity contribution in [3.05, 3.63) is 55.0 Å². The van der Waals surface area contributed by atoms with Gasteiger partial charge in [-0.3, -0.25) is 14.4 Å². The van der Waals surface area contributed by atoms with Crippen LogP contribution in [0, 0.1) is 5.82 Å². The van der Waals surface area contributed by atoms with Gasteiger partial charge in [-0.25, -0.2) is 18.6 Å². The number of nitrogens with two attached hydrogens (primary N) is 1. The Balaban J connectivity index is 1.47. The number of pyridine rings is 1. The zero-order valence-electron chi connectivity index (χ0n) is 20.2. The molecule has 0 aliphatic carbocycles. The second-order valence-electron chi connectivity index (χ2n) is 8.28. The Labute approximate surface area is 215 Å². The molecule has 1 saturated heterocycles. The number of nitrogens with zero attached hydrogens (tertiary/aromatic N) is 6. The van der Waals surface area contributed by atoms with E-state index < -0.39 is 16.8 Å². The minimum atomic E-state index is -1.70. The van der Waals surface area contributed by atoms with Crippen molar-refractivity contribution in [2.75, 3.05) is 48.8 Å². The summed E-state index contributed by atoms with van der Waals surface area (Å²) in [6.45, 7) is 2.82. The van der Waals surface area contributed by atoms with Crippen LogP contribution in [-0.2, 0) is 22.8 Å². The summed E-state index contributed by atoms with van der Waals surface area (Å²) in [6, 6.07) is 4.67. The van der Waals surface area contributed by atoms with Crippen LogP contribution >= 0.6 is 0 Å². The van der Waals surface area contributed by atoms with Crippen LogP contribution in [0.4, 0.5) is 21.7 Å². The third-order valence-corrected chi connectivity index (χ3v) is 6.89. The topological polar surface area (TPSA) is 133 Å². The molecule has 1 aliphatic heterocycles. The summed E-state index contributed by atoms with van der Waals surface area (Å²) in [7, 11) is 1.35. The Kier molecular flexibility index (Phi) is 6.97. The fourth-order valence-corrected chi connectivity index (χ4v) is 4.82. The van der Waals surface area contributed by atoms with Gasteiger partial charge in [-0.05, 0) is 23.8 Å². The van der Waals surface area contributed by atoms with E-state index in [2.05, 4.69) is 29.7 Å². The maximum Gasteiger partial charge on any atom is 0.178 e. The number of nitrogen functional groups attached to an aromatic ring is 1. The number of morpholine rings is 1. The van der Waals surface area contributed by atoms with Gasteiger partial charge in [-0.2, -0.15) is 5.10 Å². The molecule has 0 radical (unpaired) electrons. The van der Waals surface area contributed by atoms with Gasteiger partial charge in [0.05, 0.1) is 55.2 Å². The molecule has 3 N–H and O–H groups in total. The highest BCUT2D eigenvalue weighted by Gasteiger charge is 2.19. The molecule has 11 nitrogen and oxygen atoms in total. The van der Waals surface area contributed by atoms with Crippen LogP contribution < -0.4 is 20.1 Å². The lowest BCUT2D eigenvalue weighted by molar-refractivity contribution is 0.122. The lowest BCUT2D eigenvalue weighted by Gasteiger charge is -2.27. The maximum absolute atomic E-state index is 15.1. The fraction of sp³-hybridized carbons (Fsp3) is 0.250. The van der Waals surface area contributed by atoms with Crippen LogP contribution in [0.25, 0.3) is 22.4 Å². The van der Waals surface area contributed by atoms with Crippen molar-refractivity contribution in [1.82, 2.24) is 24.7 Å². The van der Waals surface area contributed by atoms with Gasteiger partial charge in [0.25, 0.3) is 0 Å². The maximum atomic E-state index is 15.1. The van der Waals surface area contributed by atoms with Crippen molar-refractivity contribution in [2.24, 2.45) is 7.05 Å². The third-order valence-electron chi connectivity index (χ3n) is 5.84. The second-order valence-corrected chi connectivity index (χ2v) is 9.49. The number of nitrogens with one attached hydrogen (secondary N) is 1. The van der Waals surface area contributed by atoms with Crippen molar-refractivity contribution in [3.8, 4) is 28.1 Å². The van der Waals surface area contributed by atoms with Gasteiger partial charge >= 0.3 is 0 Å². The van der Waals surface area contributed by atoms with E-state index in [0.29, 0.717) is 40.5 Å². The number of rotatable bonds is 7. The molecule has 0 saturated carbocycles. The zero-order valence-corrected chi connectivity index (χ0v) is 21.0. The van der Waals surface area contributed by atoms with E-state index >= 15 is 4.39 Å². The van der Waals surface area contributed by atoms with Gasteiger partial charge in [-0.15, -0.1) is 0 Å². The van der Waals surface area contributed by atoms with Gasteiger partial charge in [0.1, 0.15) is 11.6 Å². The molecule has 0 amide bonds. The average Bonchev–Trinajstić information content (AvgIpc) is 3.36. The molecule has 4 aromatic rings. The summed E-state index contributed by atoms with van der Waals surface area (Å²) in [6.07, 6.45) is 8.03. The van der Waals surface area contributed by atoms with Crippen LogP contribution in [0.3, 0.4) is 0 Å². The number of anilines is 3. The summed E-state index contributed by atoms with van der Waals surface area (Å²) in [5, 5.41) is 4.02. The first-order valence-corrected chi connectivity index (χ1v) is 12.5. The van der Waals surface area contributed by atoms with Crippen molar-refractivity contribution >= 4 is 28.3 Å². The number of hydrogen-bond acceptors (Lipinski definition) is 9. The van der Waals surface area contributed by atoms with Crippen molar-refractivity contribution in [2.45, 2.75) is 4.90 Å². The molecular formula is C24H25FN8O3S. The number of aromatic nitrogens is 5. The highest BCUT2D eigenvalue weighted by atomic mass is 32.2. The number of halogens is 1. The molecule has 192 valence electrons. The Morgan fingerprint density at radius 2 is 1.89 bits per heavy atom. The normalized spacial score (nSPS) is 14.4. The van der Waals surface area contributed by atoms with Crippen LogP contribution in [0.2, 0.25) is 0 Å². The molecular weight excluding hydrogens is 499 g/mol. The molecule has 1 aromatic carbocycles. The number of hydrogen-bond donors (Lipinski definition) is 2. The lowest BCUT2D eigenvalue weighted by Crippen LogP contribution is -2.36. The van der Waals surface area contributed by atoms with E-state index in [1.807, 2.05) is 0 Å². The molecule has 0 spiro atoms. The van der Waals surface area contributed by atoms with E-state index in [0.717, 1.165) is 18.9 Å². The standard InChI is InChI=1S/C24H25FN8O3S/c1-32-14-17(11-30-32)37(34)31-20-9-15(8-19(25)23(20)35-2)18-7-16(10-29-24(18)26)21-12-28-22(13-27-21)33-3-5-36-6-4-33/h7-14,31H,3-6H2,1-2H3,(H2,26,29). The molecule has 3 aromatic heterocycles. The van der Waals surface area contributed by atoms with Gasteiger partial charge in [0.2, 0.25) is 0 Å². The number of methoxy groups -OCH3 is 1. The molecule has 13 heteroatoms.